The van der Waals surface area contributed by atoms with Crippen LogP contribution in [0.3, 0.4) is 0 Å². The van der Waals surface area contributed by atoms with Crippen molar-refractivity contribution in [3.8, 4) is 12.3 Å². The molecule has 2 fully saturated rings. The fourth-order valence-electron chi connectivity index (χ4n) is 6.97. The van der Waals surface area contributed by atoms with Gasteiger partial charge < -0.3 is 61.4 Å². The molecule has 5 rings (SSSR count). The molecule has 2 atom stereocenters. The number of unbranched alkanes of at least 4 members (excludes halogenated alkanes) is 1. The molecule has 2 aliphatic rings. The Kier molecular flexibility index (Phi) is 22.1. The van der Waals surface area contributed by atoms with Crippen LogP contribution in [0.15, 0.2) is 17.4 Å². The molecule has 24 nitrogen and oxygen atoms in total. The summed E-state index contributed by atoms with van der Waals surface area (Å²) in [6.45, 7) is 9.37. The van der Waals surface area contributed by atoms with Gasteiger partial charge in [-0.1, -0.05) is 16.3 Å². The molecule has 0 spiro atoms. The van der Waals surface area contributed by atoms with Gasteiger partial charge in [-0.2, -0.15) is 15.0 Å². The SMILES string of the molecule is C#CCOCCOCCOCCNc1nc(N2CCN(C(=O)Cn3cc(CCCN=C(N)N)nn3)CC2)nc(N2CCN(C(=O)[C@H](CCCCN)n3cc(CC(C)O)nn3)CC2)n1.Cl. The molecule has 2 saturated heterocycles. The average molecular weight is 918 g/mol. The van der Waals surface area contributed by atoms with Crippen LogP contribution in [0.2, 0.25) is 0 Å². The molecule has 2 aliphatic heterocycles. The van der Waals surface area contributed by atoms with E-state index in [1.54, 1.807) is 33.6 Å². The molecule has 0 aromatic carbocycles. The summed E-state index contributed by atoms with van der Waals surface area (Å²) < 4.78 is 19.6. The predicted molar refractivity (Wildman–Crippen MR) is 241 cm³/mol. The second kappa shape index (κ2) is 27.7. The topological polar surface area (TPSA) is 298 Å². The zero-order valence-electron chi connectivity index (χ0n) is 36.7. The minimum atomic E-state index is -0.573. The Balaban J connectivity index is 0.00000898. The maximum Gasteiger partial charge on any atom is 0.247 e. The molecule has 8 N–H and O–H groups in total. The number of aliphatic hydroxyl groups excluding tert-OH is 1. The number of halogens is 1. The number of hydrogen-bond acceptors (Lipinski definition) is 18. The first-order valence-electron chi connectivity index (χ1n) is 21.6. The quantitative estimate of drug-likeness (QED) is 0.0241. The predicted octanol–water partition coefficient (Wildman–Crippen LogP) is -1.93. The summed E-state index contributed by atoms with van der Waals surface area (Å²) in [5, 5.41) is 29.9. The van der Waals surface area contributed by atoms with Crippen LogP contribution < -0.4 is 32.3 Å². The molecule has 25 heteroatoms. The number of hydrogen-bond donors (Lipinski definition) is 5. The normalized spacial score (nSPS) is 15.0. The summed E-state index contributed by atoms with van der Waals surface area (Å²) in [6, 6.07) is -0.535. The van der Waals surface area contributed by atoms with Crippen LogP contribution >= 0.6 is 12.4 Å². The Hall–Kier alpha value is -5.45. The molecule has 2 amide bonds. The third-order valence-electron chi connectivity index (χ3n) is 10.2. The van der Waals surface area contributed by atoms with Crippen molar-refractivity contribution in [3.05, 3.63) is 23.8 Å². The lowest BCUT2D eigenvalue weighted by molar-refractivity contribution is -0.135. The summed E-state index contributed by atoms with van der Waals surface area (Å²) in [5.74, 6) is 3.71. The van der Waals surface area contributed by atoms with E-state index >= 15 is 0 Å². The van der Waals surface area contributed by atoms with E-state index in [1.165, 1.54) is 0 Å². The van der Waals surface area contributed by atoms with E-state index in [4.69, 9.17) is 52.8 Å². The maximum absolute atomic E-state index is 14.0. The van der Waals surface area contributed by atoms with Crippen LogP contribution in [0.4, 0.5) is 17.8 Å². The number of aryl methyl sites for hydroxylation is 1. The van der Waals surface area contributed by atoms with Gasteiger partial charge in [0.25, 0.3) is 0 Å². The van der Waals surface area contributed by atoms with E-state index in [-0.39, 0.29) is 43.3 Å². The monoisotopic (exact) mass is 917 g/mol. The maximum atomic E-state index is 14.0. The first kappa shape index (κ1) is 51.2. The Bertz CT molecular complexity index is 1910. The highest BCUT2D eigenvalue weighted by molar-refractivity contribution is 5.85. The number of aliphatic hydroxyl groups is 1. The van der Waals surface area contributed by atoms with Crippen LogP contribution in [0.25, 0.3) is 0 Å². The molecule has 0 bridgehead atoms. The first-order chi connectivity index (χ1) is 30.6. The number of piperazine rings is 2. The molecule has 354 valence electrons. The number of nitrogens with two attached hydrogens (primary N) is 3. The summed E-state index contributed by atoms with van der Waals surface area (Å²) >= 11 is 0. The van der Waals surface area contributed by atoms with Gasteiger partial charge in [0, 0.05) is 84.3 Å². The molecule has 5 heterocycles. The van der Waals surface area contributed by atoms with Gasteiger partial charge in [0.2, 0.25) is 29.7 Å². The fraction of sp³-hybridized carbons (Fsp3) is 0.692. The minimum absolute atomic E-state index is 0. The lowest BCUT2D eigenvalue weighted by Crippen LogP contribution is -2.51. The molecule has 1 unspecified atom stereocenters. The number of terminal acetylenes is 1. The van der Waals surface area contributed by atoms with Crippen LogP contribution in [-0.4, -0.2) is 195 Å². The number of amides is 2. The second-order valence-electron chi connectivity index (χ2n) is 15.2. The number of aliphatic imine (C=N–C) groups is 1. The van der Waals surface area contributed by atoms with Crippen molar-refractivity contribution >= 4 is 48.0 Å². The van der Waals surface area contributed by atoms with Gasteiger partial charge in [-0.05, 0) is 45.6 Å². The van der Waals surface area contributed by atoms with E-state index in [0.717, 1.165) is 18.5 Å². The van der Waals surface area contributed by atoms with Crippen LogP contribution in [0.1, 0.15) is 50.0 Å². The Morgan fingerprint density at radius 1 is 0.859 bits per heavy atom. The van der Waals surface area contributed by atoms with Gasteiger partial charge in [-0.3, -0.25) is 14.6 Å². The number of anilines is 3. The summed E-state index contributed by atoms with van der Waals surface area (Å²) in [7, 11) is 0. The van der Waals surface area contributed by atoms with E-state index in [2.05, 4.69) is 36.9 Å². The summed E-state index contributed by atoms with van der Waals surface area (Å²) in [5.41, 5.74) is 18.0. The van der Waals surface area contributed by atoms with Crippen molar-refractivity contribution < 1.29 is 28.9 Å². The van der Waals surface area contributed by atoms with Crippen molar-refractivity contribution in [2.24, 2.45) is 22.2 Å². The van der Waals surface area contributed by atoms with E-state index in [0.29, 0.717) is 154 Å². The lowest BCUT2D eigenvalue weighted by Gasteiger charge is -2.37. The van der Waals surface area contributed by atoms with Gasteiger partial charge in [-0.15, -0.1) is 29.0 Å². The number of ether oxygens (including phenoxy) is 3. The first-order valence-corrected chi connectivity index (χ1v) is 21.6. The third-order valence-corrected chi connectivity index (χ3v) is 10.2. The second-order valence-corrected chi connectivity index (χ2v) is 15.2. The lowest BCUT2D eigenvalue weighted by atomic mass is 10.1. The third kappa shape index (κ3) is 16.9. The van der Waals surface area contributed by atoms with Gasteiger partial charge in [0.15, 0.2) is 5.96 Å². The highest BCUT2D eigenvalue weighted by atomic mass is 35.5. The highest BCUT2D eigenvalue weighted by Gasteiger charge is 2.31. The smallest absolute Gasteiger partial charge is 0.247 e. The molecule has 0 radical (unpaired) electrons. The molecule has 0 aliphatic carbocycles. The number of nitrogens with one attached hydrogen (secondary N) is 1. The number of nitrogens with zero attached hydrogens (tertiary/aromatic N) is 14. The Morgan fingerprint density at radius 2 is 1.50 bits per heavy atom. The Labute approximate surface area is 380 Å². The summed E-state index contributed by atoms with van der Waals surface area (Å²) in [6.07, 6.45) is 12.0. The molecular weight excluding hydrogens is 852 g/mol. The van der Waals surface area contributed by atoms with E-state index < -0.39 is 12.1 Å². The van der Waals surface area contributed by atoms with Crippen LogP contribution in [0, 0.1) is 12.3 Å². The van der Waals surface area contributed by atoms with Crippen molar-refractivity contribution in [3.63, 3.8) is 0 Å². The highest BCUT2D eigenvalue weighted by Crippen LogP contribution is 2.23. The van der Waals surface area contributed by atoms with Gasteiger partial charge >= 0.3 is 0 Å². The largest absolute Gasteiger partial charge is 0.393 e. The molecule has 64 heavy (non-hydrogen) atoms. The standard InChI is InChI=1S/C39H64N18O6.ClH/c1-3-20-61-22-24-63-25-23-62-21-11-44-37-45-38(54-16-12-52(13-17-54)34(59)29-56-27-31(48-50-56)7-6-10-43-36(41)42)47-39(46-37)55-18-14-53(15-19-55)35(60)33(8-4-5-9-40)57-28-32(49-51-57)26-30(2)58;/h1,27-28,30,33,58H,4-26,29,40H2,2H3,(H4,41,42,43)(H,44,45,46,47);1H/t30?,33-;/m0./s1. The van der Waals surface area contributed by atoms with Crippen molar-refractivity contribution in [1.29, 1.82) is 0 Å². The molecule has 0 saturated carbocycles. The van der Waals surface area contributed by atoms with Crippen molar-refractivity contribution in [2.45, 2.75) is 64.1 Å². The molecule has 3 aromatic heterocycles. The number of carbonyl (C=O) groups is 2. The number of rotatable bonds is 27. The zero-order chi connectivity index (χ0) is 44.8. The minimum Gasteiger partial charge on any atom is -0.393 e. The zero-order valence-corrected chi connectivity index (χ0v) is 37.6. The number of carbonyl (C=O) groups excluding carboxylic acids is 2. The van der Waals surface area contributed by atoms with Crippen LogP contribution in [-0.2, 0) is 43.2 Å². The van der Waals surface area contributed by atoms with Crippen LogP contribution in [0.5, 0.6) is 0 Å². The number of aromatic nitrogens is 9. The number of guanidine groups is 1. The average Bonchev–Trinajstić information content (AvgIpc) is 3.94. The molecule has 3 aromatic rings. The Morgan fingerprint density at radius 3 is 2.14 bits per heavy atom. The fourth-order valence-corrected chi connectivity index (χ4v) is 6.97. The molecular formula is C39H65ClN18O6. The van der Waals surface area contributed by atoms with Crippen molar-refractivity contribution in [2.75, 3.05) is 127 Å². The van der Waals surface area contributed by atoms with Crippen molar-refractivity contribution in [1.82, 2.24) is 54.7 Å². The summed E-state index contributed by atoms with van der Waals surface area (Å²) in [4.78, 5) is 53.5. The van der Waals surface area contributed by atoms with Gasteiger partial charge in [-0.25, -0.2) is 9.36 Å². The van der Waals surface area contributed by atoms with Gasteiger partial charge in [0.1, 0.15) is 19.2 Å². The van der Waals surface area contributed by atoms with E-state index in [9.17, 15) is 14.7 Å². The van der Waals surface area contributed by atoms with E-state index in [1.807, 2.05) is 14.7 Å². The van der Waals surface area contributed by atoms with Gasteiger partial charge in [0.05, 0.1) is 50.5 Å².